The van der Waals surface area contributed by atoms with Crippen molar-refractivity contribution in [3.63, 3.8) is 0 Å². The molecule has 0 heterocycles. The molecule has 1 rings (SSSR count). The highest BCUT2D eigenvalue weighted by Gasteiger charge is 2.20. The fraction of sp³-hybridized carbons (Fsp3) is 1.00. The van der Waals surface area contributed by atoms with Gasteiger partial charge in [-0.1, -0.05) is 13.8 Å². The van der Waals surface area contributed by atoms with Gasteiger partial charge >= 0.3 is 0 Å². The molecule has 1 aliphatic carbocycles. The zero-order valence-electron chi connectivity index (χ0n) is 8.68. The number of hydrogen-bond acceptors (Lipinski definition) is 1. The minimum Gasteiger partial charge on any atom is -0.381 e. The normalized spacial score (nSPS) is 31.0. The van der Waals surface area contributed by atoms with Crippen LogP contribution >= 0.6 is 0 Å². The molecule has 12 heavy (non-hydrogen) atoms. The van der Waals surface area contributed by atoms with Crippen LogP contribution in [0, 0.1) is 11.8 Å². The molecule has 72 valence electrons. The van der Waals surface area contributed by atoms with E-state index in [1.54, 1.807) is 0 Å². The zero-order valence-corrected chi connectivity index (χ0v) is 8.68. The summed E-state index contributed by atoms with van der Waals surface area (Å²) in [4.78, 5) is 0. The second-order valence-electron chi connectivity index (χ2n) is 4.51. The summed E-state index contributed by atoms with van der Waals surface area (Å²) in [6.45, 7) is 4.64. The Labute approximate surface area is 76.5 Å². The van der Waals surface area contributed by atoms with E-state index < -0.39 is 0 Å². The molecule has 0 aromatic heterocycles. The Balaban J connectivity index is 2.17. The quantitative estimate of drug-likeness (QED) is 0.632. The van der Waals surface area contributed by atoms with E-state index in [1.807, 2.05) is 7.11 Å². The number of methoxy groups -OCH3 is 1. The molecule has 1 saturated carbocycles. The third-order valence-electron chi connectivity index (χ3n) is 2.93. The molecule has 0 N–H and O–H groups in total. The van der Waals surface area contributed by atoms with Crippen LogP contribution < -0.4 is 0 Å². The van der Waals surface area contributed by atoms with Crippen LogP contribution in [-0.4, -0.2) is 13.2 Å². The van der Waals surface area contributed by atoms with Gasteiger partial charge in [0.15, 0.2) is 0 Å². The molecule has 0 aliphatic heterocycles. The molecule has 0 radical (unpaired) electrons. The molecule has 0 saturated heterocycles. The third-order valence-corrected chi connectivity index (χ3v) is 2.93. The average molecular weight is 170 g/mol. The molecule has 0 unspecified atom stereocenters. The number of ether oxygens (including phenoxy) is 1. The summed E-state index contributed by atoms with van der Waals surface area (Å²) in [5.74, 6) is 1.85. The van der Waals surface area contributed by atoms with Crippen LogP contribution in [0.15, 0.2) is 0 Å². The average Bonchev–Trinajstić information content (AvgIpc) is 2.05. The molecule has 1 nitrogen and oxygen atoms in total. The highest BCUT2D eigenvalue weighted by Crippen LogP contribution is 2.30. The van der Waals surface area contributed by atoms with Gasteiger partial charge in [-0.05, 0) is 43.9 Å². The maximum Gasteiger partial charge on any atom is 0.0571 e. The molecule has 1 heteroatoms. The molecule has 0 amide bonds. The van der Waals surface area contributed by atoms with Crippen molar-refractivity contribution in [3.05, 3.63) is 0 Å². The van der Waals surface area contributed by atoms with E-state index in [0.29, 0.717) is 6.10 Å². The summed E-state index contributed by atoms with van der Waals surface area (Å²) in [5.41, 5.74) is 0. The first kappa shape index (κ1) is 10.0. The molecule has 0 aromatic rings. The molecular formula is C11H22O. The van der Waals surface area contributed by atoms with Gasteiger partial charge in [0, 0.05) is 7.11 Å². The van der Waals surface area contributed by atoms with Crippen molar-refractivity contribution in [3.8, 4) is 0 Å². The Morgan fingerprint density at radius 3 is 2.17 bits per heavy atom. The van der Waals surface area contributed by atoms with Gasteiger partial charge in [-0.2, -0.15) is 0 Å². The predicted octanol–water partition coefficient (Wildman–Crippen LogP) is 3.24. The van der Waals surface area contributed by atoms with Crippen LogP contribution in [0.4, 0.5) is 0 Å². The molecule has 0 spiro atoms. The van der Waals surface area contributed by atoms with Crippen molar-refractivity contribution < 1.29 is 4.74 Å². The van der Waals surface area contributed by atoms with Crippen molar-refractivity contribution >= 4 is 0 Å². The Morgan fingerprint density at radius 1 is 1.17 bits per heavy atom. The van der Waals surface area contributed by atoms with Gasteiger partial charge in [0.2, 0.25) is 0 Å². The first-order valence-corrected chi connectivity index (χ1v) is 5.25. The Bertz CT molecular complexity index is 112. The van der Waals surface area contributed by atoms with Crippen LogP contribution in [0.5, 0.6) is 0 Å². The molecule has 0 atom stereocenters. The van der Waals surface area contributed by atoms with Gasteiger partial charge in [-0.25, -0.2) is 0 Å². The van der Waals surface area contributed by atoms with E-state index in [1.165, 1.54) is 32.1 Å². The molecule has 1 fully saturated rings. The second-order valence-corrected chi connectivity index (χ2v) is 4.51. The van der Waals surface area contributed by atoms with E-state index in [4.69, 9.17) is 4.74 Å². The van der Waals surface area contributed by atoms with Gasteiger partial charge < -0.3 is 4.74 Å². The Kier molecular flexibility index (Phi) is 4.07. The summed E-state index contributed by atoms with van der Waals surface area (Å²) in [6, 6.07) is 0. The largest absolute Gasteiger partial charge is 0.381 e. The van der Waals surface area contributed by atoms with Crippen molar-refractivity contribution in [1.29, 1.82) is 0 Å². The topological polar surface area (TPSA) is 9.23 Å². The van der Waals surface area contributed by atoms with Gasteiger partial charge in [0.05, 0.1) is 6.10 Å². The van der Waals surface area contributed by atoms with E-state index >= 15 is 0 Å². The van der Waals surface area contributed by atoms with Gasteiger partial charge in [0.25, 0.3) is 0 Å². The maximum atomic E-state index is 5.34. The highest BCUT2D eigenvalue weighted by molar-refractivity contribution is 4.73. The van der Waals surface area contributed by atoms with Crippen LogP contribution in [0.1, 0.15) is 46.0 Å². The molecular weight excluding hydrogens is 148 g/mol. The SMILES string of the molecule is COC1CCC(CC(C)C)CC1. The minimum atomic E-state index is 0.563. The summed E-state index contributed by atoms with van der Waals surface area (Å²) in [6.07, 6.45) is 7.32. The van der Waals surface area contributed by atoms with Gasteiger partial charge in [-0.3, -0.25) is 0 Å². The van der Waals surface area contributed by atoms with E-state index in [0.717, 1.165) is 11.8 Å². The van der Waals surface area contributed by atoms with Gasteiger partial charge in [0.1, 0.15) is 0 Å². The first-order valence-electron chi connectivity index (χ1n) is 5.25. The Hall–Kier alpha value is -0.0400. The van der Waals surface area contributed by atoms with Crippen molar-refractivity contribution in [1.82, 2.24) is 0 Å². The van der Waals surface area contributed by atoms with Crippen LogP contribution in [0.2, 0.25) is 0 Å². The number of rotatable bonds is 3. The van der Waals surface area contributed by atoms with E-state index in [-0.39, 0.29) is 0 Å². The summed E-state index contributed by atoms with van der Waals surface area (Å²) in [5, 5.41) is 0. The lowest BCUT2D eigenvalue weighted by molar-refractivity contribution is 0.0536. The lowest BCUT2D eigenvalue weighted by atomic mass is 9.82. The molecule has 1 aliphatic rings. The van der Waals surface area contributed by atoms with Crippen LogP contribution in [-0.2, 0) is 4.74 Å². The van der Waals surface area contributed by atoms with Crippen molar-refractivity contribution in [2.45, 2.75) is 52.1 Å². The second kappa shape index (κ2) is 4.86. The smallest absolute Gasteiger partial charge is 0.0571 e. The summed E-state index contributed by atoms with van der Waals surface area (Å²) >= 11 is 0. The predicted molar refractivity (Wildman–Crippen MR) is 52.2 cm³/mol. The van der Waals surface area contributed by atoms with Crippen molar-refractivity contribution in [2.24, 2.45) is 11.8 Å². The van der Waals surface area contributed by atoms with E-state index in [2.05, 4.69) is 13.8 Å². The molecule has 0 bridgehead atoms. The fourth-order valence-corrected chi connectivity index (χ4v) is 2.27. The van der Waals surface area contributed by atoms with Crippen LogP contribution in [0.25, 0.3) is 0 Å². The zero-order chi connectivity index (χ0) is 8.97. The molecule has 0 aromatic carbocycles. The maximum absolute atomic E-state index is 5.34. The standard InChI is InChI=1S/C11H22O/c1-9(2)8-10-4-6-11(12-3)7-5-10/h9-11H,4-8H2,1-3H3. The third kappa shape index (κ3) is 3.14. The monoisotopic (exact) mass is 170 g/mol. The van der Waals surface area contributed by atoms with Gasteiger partial charge in [-0.15, -0.1) is 0 Å². The first-order chi connectivity index (χ1) is 5.72. The fourth-order valence-electron chi connectivity index (χ4n) is 2.27. The lowest BCUT2D eigenvalue weighted by Crippen LogP contribution is -2.21. The van der Waals surface area contributed by atoms with Crippen molar-refractivity contribution in [2.75, 3.05) is 7.11 Å². The minimum absolute atomic E-state index is 0.563. The summed E-state index contributed by atoms with van der Waals surface area (Å²) < 4.78 is 5.34. The summed E-state index contributed by atoms with van der Waals surface area (Å²) in [7, 11) is 1.84. The Morgan fingerprint density at radius 2 is 1.75 bits per heavy atom. The number of hydrogen-bond donors (Lipinski definition) is 0. The van der Waals surface area contributed by atoms with Crippen LogP contribution in [0.3, 0.4) is 0 Å². The highest BCUT2D eigenvalue weighted by atomic mass is 16.5. The lowest BCUT2D eigenvalue weighted by Gasteiger charge is -2.28. The van der Waals surface area contributed by atoms with E-state index in [9.17, 15) is 0 Å².